The summed E-state index contributed by atoms with van der Waals surface area (Å²) < 4.78 is 29.1. The second-order valence-corrected chi connectivity index (χ2v) is 7.70. The van der Waals surface area contributed by atoms with Crippen LogP contribution >= 0.6 is 11.8 Å². The van der Waals surface area contributed by atoms with Crippen molar-refractivity contribution in [3.8, 4) is 17.2 Å². The first-order valence-electron chi connectivity index (χ1n) is 10.0. The highest BCUT2D eigenvalue weighted by molar-refractivity contribution is 7.98. The second-order valence-electron chi connectivity index (χ2n) is 6.76. The lowest BCUT2D eigenvalue weighted by Gasteiger charge is -2.12. The molecule has 9 nitrogen and oxygen atoms in total. The molecule has 0 fully saturated rings. The topological polar surface area (TPSA) is 92.8 Å². The Balaban J connectivity index is 1.58. The van der Waals surface area contributed by atoms with Gasteiger partial charge in [-0.05, 0) is 53.2 Å². The summed E-state index contributed by atoms with van der Waals surface area (Å²) in [4.78, 5) is 0. The van der Waals surface area contributed by atoms with Crippen LogP contribution in [0, 0.1) is 5.82 Å². The second kappa shape index (κ2) is 10.2. The number of tetrazole rings is 1. The number of hydrogen-bond acceptors (Lipinski definition) is 8. The average molecular weight is 456 g/mol. The number of aryl methyl sites for hydroxylation is 1. The monoisotopic (exact) mass is 455 g/mol. The molecule has 2 heterocycles. The molecule has 0 saturated heterocycles. The summed E-state index contributed by atoms with van der Waals surface area (Å²) in [6.45, 7) is 2.90. The van der Waals surface area contributed by atoms with Crippen molar-refractivity contribution in [2.24, 2.45) is 0 Å². The number of benzene rings is 2. The SMILES string of the molecule is CCCn1nnnc1CSc1nnc(COc2ccc(OC)cc2)n1-c1ccccc1F. The van der Waals surface area contributed by atoms with Gasteiger partial charge in [0, 0.05) is 6.54 Å². The fourth-order valence-corrected chi connectivity index (χ4v) is 3.92. The van der Waals surface area contributed by atoms with Crippen LogP contribution < -0.4 is 9.47 Å². The zero-order valence-electron chi connectivity index (χ0n) is 17.7. The van der Waals surface area contributed by atoms with Crippen molar-refractivity contribution in [2.45, 2.75) is 37.4 Å². The van der Waals surface area contributed by atoms with Crippen LogP contribution in [-0.2, 0) is 18.9 Å². The first kappa shape index (κ1) is 21.8. The van der Waals surface area contributed by atoms with Crippen LogP contribution in [0.3, 0.4) is 0 Å². The Morgan fingerprint density at radius 3 is 2.50 bits per heavy atom. The fourth-order valence-electron chi connectivity index (χ4n) is 3.02. The normalized spacial score (nSPS) is 11.0. The van der Waals surface area contributed by atoms with Crippen molar-refractivity contribution < 1.29 is 13.9 Å². The number of nitrogens with zero attached hydrogens (tertiary/aromatic N) is 7. The maximum absolute atomic E-state index is 14.7. The molecular weight excluding hydrogens is 433 g/mol. The van der Waals surface area contributed by atoms with Gasteiger partial charge in [0.2, 0.25) is 0 Å². The van der Waals surface area contributed by atoms with Gasteiger partial charge in [-0.3, -0.25) is 4.57 Å². The molecular formula is C21H22FN7O2S. The van der Waals surface area contributed by atoms with Crippen LogP contribution in [0.2, 0.25) is 0 Å². The number of methoxy groups -OCH3 is 1. The van der Waals surface area contributed by atoms with Crippen LogP contribution in [0.4, 0.5) is 4.39 Å². The molecule has 166 valence electrons. The molecule has 0 atom stereocenters. The van der Waals surface area contributed by atoms with Gasteiger partial charge in [0.1, 0.15) is 23.9 Å². The zero-order valence-corrected chi connectivity index (χ0v) is 18.5. The van der Waals surface area contributed by atoms with Crippen LogP contribution in [0.5, 0.6) is 11.5 Å². The van der Waals surface area contributed by atoms with Crippen molar-refractivity contribution >= 4 is 11.8 Å². The summed E-state index contributed by atoms with van der Waals surface area (Å²) >= 11 is 1.38. The minimum atomic E-state index is -0.379. The summed E-state index contributed by atoms with van der Waals surface area (Å²) in [6.07, 6.45) is 0.918. The van der Waals surface area contributed by atoms with Gasteiger partial charge in [-0.15, -0.1) is 15.3 Å². The van der Waals surface area contributed by atoms with Crippen molar-refractivity contribution in [1.82, 2.24) is 35.0 Å². The zero-order chi connectivity index (χ0) is 22.3. The fraction of sp³-hybridized carbons (Fsp3) is 0.286. The summed E-state index contributed by atoms with van der Waals surface area (Å²) in [5, 5.41) is 20.9. The van der Waals surface area contributed by atoms with E-state index in [9.17, 15) is 4.39 Å². The van der Waals surface area contributed by atoms with E-state index in [1.165, 1.54) is 17.8 Å². The molecule has 0 saturated carbocycles. The average Bonchev–Trinajstić information content (AvgIpc) is 3.43. The molecule has 0 spiro atoms. The molecule has 0 amide bonds. The third-order valence-electron chi connectivity index (χ3n) is 4.59. The molecule has 0 N–H and O–H groups in total. The van der Waals surface area contributed by atoms with Crippen molar-refractivity contribution in [3.63, 3.8) is 0 Å². The van der Waals surface area contributed by atoms with E-state index < -0.39 is 0 Å². The Labute approximate surface area is 188 Å². The van der Waals surface area contributed by atoms with E-state index in [2.05, 4.69) is 32.6 Å². The summed E-state index contributed by atoms with van der Waals surface area (Å²) in [5.74, 6) is 2.66. The van der Waals surface area contributed by atoms with Gasteiger partial charge in [-0.25, -0.2) is 9.07 Å². The summed E-state index contributed by atoms with van der Waals surface area (Å²) in [5.41, 5.74) is 0.349. The third-order valence-corrected chi connectivity index (χ3v) is 5.52. The Kier molecular flexibility index (Phi) is 6.95. The van der Waals surface area contributed by atoms with E-state index in [1.807, 2.05) is 0 Å². The lowest BCUT2D eigenvalue weighted by atomic mass is 10.3. The van der Waals surface area contributed by atoms with Gasteiger partial charge >= 0.3 is 0 Å². The third kappa shape index (κ3) is 4.88. The molecule has 32 heavy (non-hydrogen) atoms. The van der Waals surface area contributed by atoms with Crippen LogP contribution in [0.15, 0.2) is 53.7 Å². The molecule has 0 aliphatic carbocycles. The molecule has 2 aromatic carbocycles. The van der Waals surface area contributed by atoms with Crippen molar-refractivity contribution in [1.29, 1.82) is 0 Å². The maximum Gasteiger partial charge on any atom is 0.196 e. The van der Waals surface area contributed by atoms with Crippen LogP contribution in [-0.4, -0.2) is 42.1 Å². The summed E-state index contributed by atoms with van der Waals surface area (Å²) in [7, 11) is 1.60. The minimum absolute atomic E-state index is 0.113. The molecule has 0 aliphatic rings. The van der Waals surface area contributed by atoms with Crippen molar-refractivity contribution in [2.75, 3.05) is 7.11 Å². The maximum atomic E-state index is 14.7. The Hall–Kier alpha value is -3.47. The van der Waals surface area contributed by atoms with E-state index in [1.54, 1.807) is 58.8 Å². The molecule has 0 unspecified atom stereocenters. The van der Waals surface area contributed by atoms with Gasteiger partial charge in [0.25, 0.3) is 0 Å². The molecule has 4 rings (SSSR count). The van der Waals surface area contributed by atoms with Gasteiger partial charge in [-0.2, -0.15) is 0 Å². The van der Waals surface area contributed by atoms with Crippen molar-refractivity contribution in [3.05, 3.63) is 66.0 Å². The van der Waals surface area contributed by atoms with Crippen LogP contribution in [0.1, 0.15) is 25.0 Å². The first-order valence-corrected chi connectivity index (χ1v) is 11.0. The number of aromatic nitrogens is 7. The van der Waals surface area contributed by atoms with E-state index in [0.29, 0.717) is 28.2 Å². The van der Waals surface area contributed by atoms with Gasteiger partial charge < -0.3 is 9.47 Å². The van der Waals surface area contributed by atoms with E-state index >= 15 is 0 Å². The molecule has 2 aromatic heterocycles. The lowest BCUT2D eigenvalue weighted by molar-refractivity contribution is 0.292. The molecule has 0 radical (unpaired) electrons. The number of rotatable bonds is 10. The number of ether oxygens (including phenoxy) is 2. The first-order chi connectivity index (χ1) is 15.7. The highest BCUT2D eigenvalue weighted by atomic mass is 32.2. The smallest absolute Gasteiger partial charge is 0.196 e. The van der Waals surface area contributed by atoms with Gasteiger partial charge in [0.05, 0.1) is 18.6 Å². The number of thioether (sulfide) groups is 1. The van der Waals surface area contributed by atoms with E-state index in [-0.39, 0.29) is 12.4 Å². The number of para-hydroxylation sites is 1. The number of hydrogen-bond donors (Lipinski definition) is 0. The van der Waals surface area contributed by atoms with E-state index in [0.717, 1.165) is 24.5 Å². The predicted molar refractivity (Wildman–Crippen MR) is 116 cm³/mol. The molecule has 11 heteroatoms. The Bertz CT molecular complexity index is 1160. The Morgan fingerprint density at radius 2 is 1.75 bits per heavy atom. The minimum Gasteiger partial charge on any atom is -0.497 e. The highest BCUT2D eigenvalue weighted by Crippen LogP contribution is 2.27. The largest absolute Gasteiger partial charge is 0.497 e. The Morgan fingerprint density at radius 1 is 0.969 bits per heavy atom. The van der Waals surface area contributed by atoms with Crippen LogP contribution in [0.25, 0.3) is 5.69 Å². The molecule has 0 bridgehead atoms. The standard InChI is InChI=1S/C21H22FN7O2S/c1-3-12-28-20(24-26-27-28)14-32-21-25-23-19(29(21)18-7-5-4-6-17(18)22)13-31-16-10-8-15(30-2)9-11-16/h4-11H,3,12-14H2,1-2H3. The summed E-state index contributed by atoms with van der Waals surface area (Å²) in [6, 6.07) is 13.7. The lowest BCUT2D eigenvalue weighted by Crippen LogP contribution is -2.09. The molecule has 0 aliphatic heterocycles. The highest BCUT2D eigenvalue weighted by Gasteiger charge is 2.19. The predicted octanol–water partition coefficient (Wildman–Crippen LogP) is 3.68. The quantitative estimate of drug-likeness (QED) is 0.334. The van der Waals surface area contributed by atoms with Gasteiger partial charge in [0.15, 0.2) is 16.8 Å². The molecule has 4 aromatic rings. The number of halogens is 1. The van der Waals surface area contributed by atoms with E-state index in [4.69, 9.17) is 9.47 Å². The van der Waals surface area contributed by atoms with Gasteiger partial charge in [-0.1, -0.05) is 30.8 Å².